The molecule has 3 atom stereocenters. The first-order chi connectivity index (χ1) is 9.73. The van der Waals surface area contributed by atoms with Crippen LogP contribution in [0.2, 0.25) is 0 Å². The minimum absolute atomic E-state index is 0.442. The molecular formula is C17H32N2O. The Morgan fingerprint density at radius 2 is 1.85 bits per heavy atom. The Balaban J connectivity index is 1.52. The Morgan fingerprint density at radius 1 is 1.05 bits per heavy atom. The molecule has 20 heavy (non-hydrogen) atoms. The molecule has 0 aromatic carbocycles. The van der Waals surface area contributed by atoms with E-state index in [1.54, 1.807) is 0 Å². The van der Waals surface area contributed by atoms with Gasteiger partial charge in [-0.2, -0.15) is 0 Å². The van der Waals surface area contributed by atoms with Crippen LogP contribution in [0.25, 0.3) is 0 Å². The van der Waals surface area contributed by atoms with Crippen molar-refractivity contribution < 1.29 is 5.11 Å². The number of hydrogen-bond acceptors (Lipinski definition) is 3. The van der Waals surface area contributed by atoms with Crippen LogP contribution >= 0.6 is 0 Å². The second-order valence-electron chi connectivity index (χ2n) is 7.48. The van der Waals surface area contributed by atoms with Crippen LogP contribution in [0.15, 0.2) is 0 Å². The summed E-state index contributed by atoms with van der Waals surface area (Å²) in [4.78, 5) is 2.74. The largest absolute Gasteiger partial charge is 0.388 e. The Labute approximate surface area is 123 Å². The predicted molar refractivity (Wildman–Crippen MR) is 82.5 cm³/mol. The van der Waals surface area contributed by atoms with E-state index in [1.807, 2.05) is 0 Å². The van der Waals surface area contributed by atoms with Gasteiger partial charge in [-0.25, -0.2) is 0 Å². The summed E-state index contributed by atoms with van der Waals surface area (Å²) in [6, 6.07) is 0.852. The van der Waals surface area contributed by atoms with Crippen molar-refractivity contribution in [1.29, 1.82) is 0 Å². The van der Waals surface area contributed by atoms with E-state index < -0.39 is 5.60 Å². The monoisotopic (exact) mass is 280 g/mol. The lowest BCUT2D eigenvalue weighted by molar-refractivity contribution is 0.00326. The lowest BCUT2D eigenvalue weighted by Crippen LogP contribution is -2.43. The van der Waals surface area contributed by atoms with Crippen molar-refractivity contribution in [3.05, 3.63) is 0 Å². The zero-order chi connectivity index (χ0) is 14.0. The molecule has 0 radical (unpaired) electrons. The zero-order valence-electron chi connectivity index (χ0n) is 12.9. The Kier molecular flexibility index (Phi) is 4.68. The molecule has 3 nitrogen and oxygen atoms in total. The van der Waals surface area contributed by atoms with Crippen LogP contribution in [-0.4, -0.2) is 41.3 Å². The van der Waals surface area contributed by atoms with Gasteiger partial charge in [0.1, 0.15) is 0 Å². The average Bonchev–Trinajstić information content (AvgIpc) is 3.17. The lowest BCUT2D eigenvalue weighted by atomic mass is 9.87. The van der Waals surface area contributed by atoms with Gasteiger partial charge in [-0.05, 0) is 69.9 Å². The minimum atomic E-state index is -0.553. The van der Waals surface area contributed by atoms with E-state index in [9.17, 15) is 5.11 Å². The molecule has 3 aliphatic rings. The number of likely N-dealkylation sites (tertiary alicyclic amines) is 1. The van der Waals surface area contributed by atoms with Crippen molar-refractivity contribution in [3.63, 3.8) is 0 Å². The highest BCUT2D eigenvalue weighted by atomic mass is 16.3. The fourth-order valence-corrected chi connectivity index (χ4v) is 5.14. The summed E-state index contributed by atoms with van der Waals surface area (Å²) < 4.78 is 0. The van der Waals surface area contributed by atoms with Crippen molar-refractivity contribution in [2.45, 2.75) is 75.9 Å². The van der Waals surface area contributed by atoms with E-state index in [1.165, 1.54) is 58.0 Å². The molecule has 116 valence electrons. The van der Waals surface area contributed by atoms with Crippen LogP contribution in [0.1, 0.15) is 64.2 Å². The summed E-state index contributed by atoms with van der Waals surface area (Å²) in [5.41, 5.74) is 5.25. The molecule has 3 N–H and O–H groups in total. The molecule has 0 aromatic rings. The van der Waals surface area contributed by atoms with E-state index in [0.717, 1.165) is 31.2 Å². The van der Waals surface area contributed by atoms with Gasteiger partial charge in [-0.3, -0.25) is 0 Å². The topological polar surface area (TPSA) is 49.5 Å². The van der Waals surface area contributed by atoms with Crippen LogP contribution in [0.4, 0.5) is 0 Å². The molecule has 1 saturated heterocycles. The number of rotatable bonds is 5. The van der Waals surface area contributed by atoms with Crippen molar-refractivity contribution in [3.8, 4) is 0 Å². The number of nitrogens with two attached hydrogens (primary N) is 1. The maximum absolute atomic E-state index is 10.6. The summed E-state index contributed by atoms with van der Waals surface area (Å²) in [7, 11) is 0. The van der Waals surface area contributed by atoms with Crippen molar-refractivity contribution in [1.82, 2.24) is 4.90 Å². The molecule has 3 heteroatoms. The van der Waals surface area contributed by atoms with Crippen LogP contribution < -0.4 is 5.73 Å². The van der Waals surface area contributed by atoms with Crippen LogP contribution in [0.3, 0.4) is 0 Å². The van der Waals surface area contributed by atoms with Crippen molar-refractivity contribution in [2.24, 2.45) is 17.6 Å². The fraction of sp³-hybridized carbons (Fsp3) is 1.00. The smallest absolute Gasteiger partial charge is 0.0797 e. The highest BCUT2D eigenvalue weighted by Crippen LogP contribution is 2.39. The van der Waals surface area contributed by atoms with Gasteiger partial charge in [-0.15, -0.1) is 0 Å². The summed E-state index contributed by atoms with van der Waals surface area (Å²) in [6.07, 6.45) is 13.0. The van der Waals surface area contributed by atoms with Gasteiger partial charge >= 0.3 is 0 Å². The van der Waals surface area contributed by atoms with Crippen molar-refractivity contribution >= 4 is 0 Å². The molecule has 1 heterocycles. The first-order valence-corrected chi connectivity index (χ1v) is 8.89. The third-order valence-electron chi connectivity index (χ3n) is 6.40. The van der Waals surface area contributed by atoms with Crippen LogP contribution in [-0.2, 0) is 0 Å². The Morgan fingerprint density at radius 3 is 2.60 bits per heavy atom. The average molecular weight is 280 g/mol. The highest BCUT2D eigenvalue weighted by molar-refractivity contribution is 4.94. The molecule has 3 fully saturated rings. The molecule has 3 rings (SSSR count). The van der Waals surface area contributed by atoms with E-state index in [0.29, 0.717) is 12.5 Å². The van der Waals surface area contributed by atoms with Gasteiger partial charge in [-0.1, -0.05) is 19.3 Å². The molecule has 0 bridgehead atoms. The van der Waals surface area contributed by atoms with Crippen molar-refractivity contribution in [2.75, 3.05) is 19.6 Å². The zero-order valence-corrected chi connectivity index (χ0v) is 12.9. The van der Waals surface area contributed by atoms with Gasteiger partial charge in [0.05, 0.1) is 5.60 Å². The summed E-state index contributed by atoms with van der Waals surface area (Å²) in [6.45, 7) is 2.92. The second-order valence-corrected chi connectivity index (χ2v) is 7.48. The molecule has 2 saturated carbocycles. The van der Waals surface area contributed by atoms with Gasteiger partial charge in [0, 0.05) is 12.6 Å². The fourth-order valence-electron chi connectivity index (χ4n) is 5.14. The minimum Gasteiger partial charge on any atom is -0.388 e. The molecule has 0 aromatic heterocycles. The van der Waals surface area contributed by atoms with Gasteiger partial charge in [0.25, 0.3) is 0 Å². The summed E-state index contributed by atoms with van der Waals surface area (Å²) in [5, 5.41) is 10.6. The molecular weight excluding hydrogens is 248 g/mol. The molecule has 1 aliphatic heterocycles. The SMILES string of the molecule is NCC1(O)CCCC1CCN1CCCC1C1CCCC1. The first kappa shape index (κ1) is 14.8. The second kappa shape index (κ2) is 6.33. The lowest BCUT2D eigenvalue weighted by Gasteiger charge is -2.33. The van der Waals surface area contributed by atoms with E-state index in [4.69, 9.17) is 5.73 Å². The molecule has 0 amide bonds. The van der Waals surface area contributed by atoms with E-state index in [-0.39, 0.29) is 0 Å². The first-order valence-electron chi connectivity index (χ1n) is 8.89. The van der Waals surface area contributed by atoms with E-state index >= 15 is 0 Å². The Hall–Kier alpha value is -0.120. The predicted octanol–water partition coefficient (Wildman–Crippen LogP) is 2.52. The number of hydrogen-bond donors (Lipinski definition) is 2. The van der Waals surface area contributed by atoms with Gasteiger partial charge < -0.3 is 15.7 Å². The standard InChI is InChI=1S/C17H32N2O/c18-13-17(20)10-3-7-15(17)9-12-19-11-4-8-16(19)14-5-1-2-6-14/h14-16,20H,1-13,18H2. The highest BCUT2D eigenvalue weighted by Gasteiger charge is 2.40. The number of nitrogens with zero attached hydrogens (tertiary/aromatic N) is 1. The van der Waals surface area contributed by atoms with Gasteiger partial charge in [0.2, 0.25) is 0 Å². The molecule has 0 spiro atoms. The maximum Gasteiger partial charge on any atom is 0.0797 e. The van der Waals surface area contributed by atoms with E-state index in [2.05, 4.69) is 4.90 Å². The third kappa shape index (κ3) is 2.90. The normalized spacial score (nSPS) is 39.9. The van der Waals surface area contributed by atoms with Crippen LogP contribution in [0.5, 0.6) is 0 Å². The quantitative estimate of drug-likeness (QED) is 0.813. The van der Waals surface area contributed by atoms with Gasteiger partial charge in [0.15, 0.2) is 0 Å². The summed E-state index contributed by atoms with van der Waals surface area (Å²) >= 11 is 0. The molecule has 3 unspecified atom stereocenters. The third-order valence-corrected chi connectivity index (χ3v) is 6.40. The maximum atomic E-state index is 10.6. The molecule has 2 aliphatic carbocycles. The number of aliphatic hydroxyl groups is 1. The Bertz CT molecular complexity index is 316. The van der Waals surface area contributed by atoms with Crippen LogP contribution in [0, 0.1) is 11.8 Å². The summed E-state index contributed by atoms with van der Waals surface area (Å²) in [5.74, 6) is 1.41.